The van der Waals surface area contributed by atoms with Gasteiger partial charge in [-0.15, -0.1) is 0 Å². The molecule has 0 saturated heterocycles. The average molecular weight is 465 g/mol. The third-order valence-electron chi connectivity index (χ3n) is 3.85. The highest BCUT2D eigenvalue weighted by molar-refractivity contribution is 9.10. The van der Waals surface area contributed by atoms with Gasteiger partial charge in [-0.2, -0.15) is 10.4 Å². The maximum Gasteiger partial charge on any atom is 0.271 e. The van der Waals surface area contributed by atoms with Crippen molar-refractivity contribution >= 4 is 33.7 Å². The number of ether oxygens (including phenoxy) is 1. The zero-order valence-corrected chi connectivity index (χ0v) is 16.9. The lowest BCUT2D eigenvalue weighted by atomic mass is 10.2. The number of hydrogen-bond acceptors (Lipinski definition) is 6. The van der Waals surface area contributed by atoms with Gasteiger partial charge in [-0.05, 0) is 42.0 Å². The molecule has 0 atom stereocenters. The van der Waals surface area contributed by atoms with Crippen molar-refractivity contribution in [1.82, 2.24) is 5.43 Å². The molecule has 30 heavy (non-hydrogen) atoms. The van der Waals surface area contributed by atoms with E-state index in [1.165, 1.54) is 18.3 Å². The van der Waals surface area contributed by atoms with Crippen LogP contribution >= 0.6 is 15.9 Å². The number of benzene rings is 3. The van der Waals surface area contributed by atoms with Crippen molar-refractivity contribution in [1.29, 1.82) is 5.26 Å². The summed E-state index contributed by atoms with van der Waals surface area (Å²) in [7, 11) is 0. The van der Waals surface area contributed by atoms with Crippen LogP contribution in [0.25, 0.3) is 0 Å². The van der Waals surface area contributed by atoms with Crippen molar-refractivity contribution in [2.24, 2.45) is 5.10 Å². The quantitative estimate of drug-likeness (QED) is 0.319. The summed E-state index contributed by atoms with van der Waals surface area (Å²) in [6.45, 7) is 0. The normalized spacial score (nSPS) is 10.4. The third-order valence-corrected chi connectivity index (χ3v) is 4.34. The number of rotatable bonds is 6. The molecule has 0 saturated carbocycles. The Bertz CT molecular complexity index is 1190. The number of carbonyl (C=O) groups excluding carboxylic acids is 1. The van der Waals surface area contributed by atoms with Gasteiger partial charge in [-0.1, -0.05) is 34.1 Å². The molecule has 148 valence electrons. The Balaban J connectivity index is 1.71. The summed E-state index contributed by atoms with van der Waals surface area (Å²) < 4.78 is 6.47. The number of nitrogens with zero attached hydrogens (tertiary/aromatic N) is 3. The number of halogens is 1. The van der Waals surface area contributed by atoms with Crippen LogP contribution in [-0.4, -0.2) is 17.0 Å². The third kappa shape index (κ3) is 5.27. The van der Waals surface area contributed by atoms with Crippen LogP contribution in [-0.2, 0) is 0 Å². The van der Waals surface area contributed by atoms with Crippen LogP contribution in [0.3, 0.4) is 0 Å². The first-order valence-corrected chi connectivity index (χ1v) is 9.31. The molecule has 0 aromatic heterocycles. The van der Waals surface area contributed by atoms with E-state index in [1.54, 1.807) is 42.5 Å². The number of nitrogens with one attached hydrogen (secondary N) is 1. The topological polar surface area (TPSA) is 118 Å². The summed E-state index contributed by atoms with van der Waals surface area (Å²) >= 11 is 3.31. The highest BCUT2D eigenvalue weighted by atomic mass is 79.9. The zero-order valence-electron chi connectivity index (χ0n) is 15.3. The molecule has 0 unspecified atom stereocenters. The van der Waals surface area contributed by atoms with E-state index in [0.717, 1.165) is 10.5 Å². The molecule has 0 heterocycles. The molecule has 1 N–H and O–H groups in total. The number of non-ortho nitro benzene ring substituents is 1. The molecule has 0 aliphatic carbocycles. The summed E-state index contributed by atoms with van der Waals surface area (Å²) in [5.41, 5.74) is 3.39. The predicted molar refractivity (Wildman–Crippen MR) is 114 cm³/mol. The van der Waals surface area contributed by atoms with Gasteiger partial charge in [0, 0.05) is 22.2 Å². The summed E-state index contributed by atoms with van der Waals surface area (Å²) in [5, 5.41) is 24.0. The first-order valence-electron chi connectivity index (χ1n) is 8.51. The highest BCUT2D eigenvalue weighted by Gasteiger charge is 2.12. The second kappa shape index (κ2) is 9.45. The van der Waals surface area contributed by atoms with E-state index in [0.29, 0.717) is 16.9 Å². The Morgan fingerprint density at radius 1 is 1.17 bits per heavy atom. The Morgan fingerprint density at radius 3 is 2.70 bits per heavy atom. The van der Waals surface area contributed by atoms with E-state index in [1.807, 2.05) is 12.1 Å². The minimum absolute atomic E-state index is 0.0459. The Kier molecular flexibility index (Phi) is 6.52. The Morgan fingerprint density at radius 2 is 1.97 bits per heavy atom. The van der Waals surface area contributed by atoms with Crippen LogP contribution in [0.4, 0.5) is 5.69 Å². The molecule has 3 aromatic carbocycles. The van der Waals surface area contributed by atoms with Crippen molar-refractivity contribution in [2.45, 2.75) is 0 Å². The number of nitriles is 1. The van der Waals surface area contributed by atoms with Crippen molar-refractivity contribution in [3.05, 3.63) is 98.0 Å². The molecule has 0 bridgehead atoms. The van der Waals surface area contributed by atoms with Gasteiger partial charge in [-0.3, -0.25) is 14.9 Å². The molecule has 9 heteroatoms. The molecule has 3 rings (SSSR count). The fraction of sp³-hybridized carbons (Fsp3) is 0. The van der Waals surface area contributed by atoms with Gasteiger partial charge in [0.15, 0.2) is 0 Å². The minimum Gasteiger partial charge on any atom is -0.456 e. The summed E-state index contributed by atoms with van der Waals surface area (Å²) in [5.74, 6) is 0.243. The fourth-order valence-electron chi connectivity index (χ4n) is 2.45. The van der Waals surface area contributed by atoms with E-state index < -0.39 is 4.92 Å². The van der Waals surface area contributed by atoms with Crippen molar-refractivity contribution in [3.63, 3.8) is 0 Å². The molecule has 0 radical (unpaired) electrons. The molecule has 0 spiro atoms. The molecule has 8 nitrogen and oxygen atoms in total. The lowest BCUT2D eigenvalue weighted by Crippen LogP contribution is -2.17. The summed E-state index contributed by atoms with van der Waals surface area (Å²) in [4.78, 5) is 22.4. The van der Waals surface area contributed by atoms with Crippen LogP contribution < -0.4 is 10.2 Å². The Labute approximate surface area is 179 Å². The van der Waals surface area contributed by atoms with Crippen molar-refractivity contribution in [3.8, 4) is 17.6 Å². The van der Waals surface area contributed by atoms with Gasteiger partial charge in [-0.25, -0.2) is 5.43 Å². The average Bonchev–Trinajstić information content (AvgIpc) is 2.74. The molecular formula is C21H13BrN4O4. The molecule has 0 fully saturated rings. The van der Waals surface area contributed by atoms with Gasteiger partial charge in [0.1, 0.15) is 23.1 Å². The molecule has 3 aromatic rings. The summed E-state index contributed by atoms with van der Waals surface area (Å²) in [6, 6.07) is 19.4. The van der Waals surface area contributed by atoms with Gasteiger partial charge in [0.2, 0.25) is 0 Å². The van der Waals surface area contributed by atoms with E-state index in [2.05, 4.69) is 26.5 Å². The first-order chi connectivity index (χ1) is 14.5. The second-order valence-electron chi connectivity index (χ2n) is 5.93. The van der Waals surface area contributed by atoms with Crippen molar-refractivity contribution < 1.29 is 14.5 Å². The number of hydrazone groups is 1. The van der Waals surface area contributed by atoms with E-state index in [9.17, 15) is 20.2 Å². The van der Waals surface area contributed by atoms with E-state index in [-0.39, 0.29) is 22.9 Å². The number of nitro groups is 1. The minimum atomic E-state index is -0.579. The number of amides is 1. The number of carbonyl (C=O) groups is 1. The lowest BCUT2D eigenvalue weighted by Gasteiger charge is -2.08. The largest absolute Gasteiger partial charge is 0.456 e. The smallest absolute Gasteiger partial charge is 0.271 e. The molecule has 0 aliphatic rings. The van der Waals surface area contributed by atoms with Gasteiger partial charge < -0.3 is 4.74 Å². The molecular weight excluding hydrogens is 452 g/mol. The maximum atomic E-state index is 12.1. The van der Waals surface area contributed by atoms with Gasteiger partial charge >= 0.3 is 0 Å². The maximum absolute atomic E-state index is 12.1. The van der Waals surface area contributed by atoms with Gasteiger partial charge in [0.05, 0.1) is 11.1 Å². The first kappa shape index (κ1) is 20.7. The predicted octanol–water partition coefficient (Wildman–Crippen LogP) is 4.79. The number of hydrogen-bond donors (Lipinski definition) is 1. The monoisotopic (exact) mass is 464 g/mol. The fourth-order valence-corrected chi connectivity index (χ4v) is 2.85. The lowest BCUT2D eigenvalue weighted by molar-refractivity contribution is -0.384. The second-order valence-corrected chi connectivity index (χ2v) is 6.85. The highest BCUT2D eigenvalue weighted by Crippen LogP contribution is 2.28. The Hall–Kier alpha value is -4.03. The SMILES string of the molecule is N#Cc1cc([N+](=O)[O-])ccc1Oc1cccc(C=NNC(=O)c2cccc(Br)c2)c1. The van der Waals surface area contributed by atoms with Crippen LogP contribution in [0, 0.1) is 21.4 Å². The molecule has 1 amide bonds. The van der Waals surface area contributed by atoms with Crippen LogP contribution in [0.2, 0.25) is 0 Å². The van der Waals surface area contributed by atoms with E-state index in [4.69, 9.17) is 4.74 Å². The van der Waals surface area contributed by atoms with Crippen LogP contribution in [0.15, 0.2) is 76.3 Å². The van der Waals surface area contributed by atoms with Crippen molar-refractivity contribution in [2.75, 3.05) is 0 Å². The summed E-state index contributed by atoms with van der Waals surface area (Å²) in [6.07, 6.45) is 1.45. The van der Waals surface area contributed by atoms with Gasteiger partial charge in [0.25, 0.3) is 11.6 Å². The van der Waals surface area contributed by atoms with Crippen LogP contribution in [0.1, 0.15) is 21.5 Å². The van der Waals surface area contributed by atoms with E-state index >= 15 is 0 Å². The van der Waals surface area contributed by atoms with Crippen LogP contribution in [0.5, 0.6) is 11.5 Å². The molecule has 0 aliphatic heterocycles. The standard InChI is InChI=1S/C21H13BrN4O4/c22-17-5-2-4-15(10-17)21(27)25-24-13-14-3-1-6-19(9-14)30-20-8-7-18(26(28)29)11-16(20)12-23/h1-11,13H,(H,25,27). The number of nitro benzene ring substituents is 1. The zero-order chi connectivity index (χ0) is 21.5.